The Bertz CT molecular complexity index is 174. The molecule has 0 aliphatic rings. The summed E-state index contributed by atoms with van der Waals surface area (Å²) in [5, 5.41) is 17.1. The fraction of sp³-hybridized carbons (Fsp3) is 0.143. The molecular weight excluding hydrogens is 171 g/mol. The van der Waals surface area contributed by atoms with Gasteiger partial charge < -0.3 is 15.0 Å². The maximum atomic E-state index is 9.49. The van der Waals surface area contributed by atoms with Gasteiger partial charge in [-0.2, -0.15) is 0 Å². The standard InChI is InChI=1S/C4H6O2.C3H4O2.Na/c1-3(2)4(5)6;1-2-3(4)5;/h1H2,2H3,(H,5,6);2H,1H2,(H,4,5);/q;;+1/p-1. The summed E-state index contributed by atoms with van der Waals surface area (Å²) in [5.41, 5.74) is 0.0648. The van der Waals surface area contributed by atoms with Crippen molar-refractivity contribution in [1.82, 2.24) is 0 Å². The van der Waals surface area contributed by atoms with Crippen molar-refractivity contribution in [3.63, 3.8) is 0 Å². The Hall–Kier alpha value is -0.580. The third-order valence-electron chi connectivity index (χ3n) is 0.523. The van der Waals surface area contributed by atoms with Gasteiger partial charge in [0.2, 0.25) is 0 Å². The Labute approximate surface area is 92.9 Å². The van der Waals surface area contributed by atoms with Gasteiger partial charge in [-0.15, -0.1) is 0 Å². The smallest absolute Gasteiger partial charge is 0.545 e. The zero-order valence-corrected chi connectivity index (χ0v) is 9.16. The average molecular weight is 180 g/mol. The molecule has 0 heterocycles. The molecule has 0 aromatic carbocycles. The molecule has 0 spiro atoms. The molecule has 0 aromatic rings. The molecule has 4 nitrogen and oxygen atoms in total. The van der Waals surface area contributed by atoms with Crippen molar-refractivity contribution in [3.05, 3.63) is 24.8 Å². The van der Waals surface area contributed by atoms with Crippen molar-refractivity contribution in [3.8, 4) is 0 Å². The van der Waals surface area contributed by atoms with Crippen LogP contribution in [0.5, 0.6) is 0 Å². The SMILES string of the molecule is C=C(C)C(=O)[O-].C=CC(=O)O.[Na+]. The van der Waals surface area contributed by atoms with Gasteiger partial charge in [-0.25, -0.2) is 4.79 Å². The second-order valence-electron chi connectivity index (χ2n) is 1.61. The van der Waals surface area contributed by atoms with Gasteiger partial charge in [-0.3, -0.25) is 0 Å². The molecule has 0 aliphatic carbocycles. The van der Waals surface area contributed by atoms with Gasteiger partial charge >= 0.3 is 35.5 Å². The number of hydrogen-bond acceptors (Lipinski definition) is 3. The molecule has 0 aromatic heterocycles. The van der Waals surface area contributed by atoms with E-state index in [4.69, 9.17) is 5.11 Å². The quantitative estimate of drug-likeness (QED) is 0.354. The van der Waals surface area contributed by atoms with E-state index < -0.39 is 11.9 Å². The van der Waals surface area contributed by atoms with Gasteiger partial charge in [-0.05, 0) is 12.5 Å². The third-order valence-corrected chi connectivity index (χ3v) is 0.523. The van der Waals surface area contributed by atoms with Crippen LogP contribution in [0.15, 0.2) is 24.8 Å². The Morgan fingerprint density at radius 3 is 1.67 bits per heavy atom. The maximum Gasteiger partial charge on any atom is 1.00 e. The zero-order valence-electron chi connectivity index (χ0n) is 7.16. The summed E-state index contributed by atoms with van der Waals surface area (Å²) in [6.45, 7) is 7.44. The molecule has 5 heteroatoms. The molecule has 62 valence electrons. The molecule has 0 atom stereocenters. The Balaban J connectivity index is -0.000000126. The van der Waals surface area contributed by atoms with E-state index in [1.807, 2.05) is 0 Å². The molecule has 0 fully saturated rings. The minimum absolute atomic E-state index is 0. The van der Waals surface area contributed by atoms with E-state index in [1.165, 1.54) is 6.92 Å². The van der Waals surface area contributed by atoms with Crippen LogP contribution in [-0.2, 0) is 9.59 Å². The van der Waals surface area contributed by atoms with E-state index in [0.717, 1.165) is 6.08 Å². The van der Waals surface area contributed by atoms with E-state index >= 15 is 0 Å². The predicted octanol–water partition coefficient (Wildman–Crippen LogP) is -3.43. The van der Waals surface area contributed by atoms with Gasteiger partial charge in [-0.1, -0.05) is 13.2 Å². The second kappa shape index (κ2) is 10.4. The maximum absolute atomic E-state index is 9.49. The first kappa shape index (κ1) is 17.5. The van der Waals surface area contributed by atoms with Crippen LogP contribution >= 0.6 is 0 Å². The van der Waals surface area contributed by atoms with Gasteiger partial charge in [0.15, 0.2) is 0 Å². The summed E-state index contributed by atoms with van der Waals surface area (Å²) >= 11 is 0. The van der Waals surface area contributed by atoms with Gasteiger partial charge in [0.25, 0.3) is 0 Å². The molecule has 0 amide bonds. The molecule has 12 heavy (non-hydrogen) atoms. The van der Waals surface area contributed by atoms with Crippen LogP contribution in [-0.4, -0.2) is 17.0 Å². The zero-order chi connectivity index (χ0) is 9.44. The number of hydrogen-bond donors (Lipinski definition) is 1. The molecule has 1 N–H and O–H groups in total. The number of carbonyl (C=O) groups is 2. The monoisotopic (exact) mass is 180 g/mol. The normalized spacial score (nSPS) is 6.42. The van der Waals surface area contributed by atoms with E-state index in [1.54, 1.807) is 0 Å². The van der Waals surface area contributed by atoms with Crippen molar-refractivity contribution in [2.24, 2.45) is 0 Å². The van der Waals surface area contributed by atoms with E-state index in [9.17, 15) is 14.7 Å². The minimum atomic E-state index is -1.19. The van der Waals surface area contributed by atoms with E-state index in [0.29, 0.717) is 0 Å². The van der Waals surface area contributed by atoms with Crippen LogP contribution in [0.2, 0.25) is 0 Å². The predicted molar refractivity (Wildman–Crippen MR) is 37.7 cm³/mol. The molecule has 0 rings (SSSR count). The number of carboxylic acids is 2. The number of carboxylic acid groups (broad SMARTS) is 2. The summed E-state index contributed by atoms with van der Waals surface area (Å²) < 4.78 is 0. The van der Waals surface area contributed by atoms with E-state index in [-0.39, 0.29) is 35.1 Å². The summed E-state index contributed by atoms with van der Waals surface area (Å²) in [7, 11) is 0. The fourth-order valence-electron chi connectivity index (χ4n) is 0. The Kier molecular flexibility index (Phi) is 15.2. The summed E-state index contributed by atoms with van der Waals surface area (Å²) in [4.78, 5) is 18.7. The Morgan fingerprint density at radius 2 is 1.67 bits per heavy atom. The molecule has 0 bridgehead atoms. The summed E-state index contributed by atoms with van der Waals surface area (Å²) in [6, 6.07) is 0. The van der Waals surface area contributed by atoms with Crippen molar-refractivity contribution in [1.29, 1.82) is 0 Å². The van der Waals surface area contributed by atoms with Crippen LogP contribution < -0.4 is 34.7 Å². The van der Waals surface area contributed by atoms with Gasteiger partial charge in [0.1, 0.15) is 0 Å². The molecule has 0 saturated heterocycles. The number of aliphatic carboxylic acids is 2. The average Bonchev–Trinajstić information content (AvgIpc) is 1.89. The van der Waals surface area contributed by atoms with Gasteiger partial charge in [0.05, 0.1) is 5.97 Å². The first-order valence-electron chi connectivity index (χ1n) is 2.64. The van der Waals surface area contributed by atoms with E-state index in [2.05, 4.69) is 13.2 Å². The first-order chi connectivity index (χ1) is 4.91. The van der Waals surface area contributed by atoms with Gasteiger partial charge in [0, 0.05) is 6.08 Å². The molecule has 0 unspecified atom stereocenters. The molecule has 0 aliphatic heterocycles. The van der Waals surface area contributed by atoms with Crippen LogP contribution in [0.25, 0.3) is 0 Å². The minimum Gasteiger partial charge on any atom is -0.545 e. The number of rotatable bonds is 2. The molecule has 0 radical (unpaired) electrons. The topological polar surface area (TPSA) is 77.4 Å². The number of carbonyl (C=O) groups excluding carboxylic acids is 1. The summed E-state index contributed by atoms with van der Waals surface area (Å²) in [6.07, 6.45) is 0.833. The first-order valence-corrected chi connectivity index (χ1v) is 2.64. The van der Waals surface area contributed by atoms with Crippen LogP contribution in [0, 0.1) is 0 Å². The van der Waals surface area contributed by atoms with Crippen LogP contribution in [0.4, 0.5) is 0 Å². The molecule has 0 saturated carbocycles. The second-order valence-corrected chi connectivity index (χ2v) is 1.61. The van der Waals surface area contributed by atoms with Crippen molar-refractivity contribution >= 4 is 11.9 Å². The van der Waals surface area contributed by atoms with Crippen LogP contribution in [0.1, 0.15) is 6.92 Å². The Morgan fingerprint density at radius 1 is 1.50 bits per heavy atom. The van der Waals surface area contributed by atoms with Crippen LogP contribution in [0.3, 0.4) is 0 Å². The van der Waals surface area contributed by atoms with Crippen molar-refractivity contribution in [2.75, 3.05) is 0 Å². The largest absolute Gasteiger partial charge is 1.00 e. The summed E-state index contributed by atoms with van der Waals surface area (Å²) in [5.74, 6) is -2.17. The third kappa shape index (κ3) is 22.7. The fourth-order valence-corrected chi connectivity index (χ4v) is 0. The van der Waals surface area contributed by atoms with Crippen molar-refractivity contribution < 1.29 is 49.4 Å². The van der Waals surface area contributed by atoms with Crippen molar-refractivity contribution in [2.45, 2.75) is 6.92 Å². The molecular formula is C7H9NaO4.